The van der Waals surface area contributed by atoms with E-state index in [2.05, 4.69) is 33.1 Å². The van der Waals surface area contributed by atoms with Crippen LogP contribution in [-0.4, -0.2) is 13.1 Å². The van der Waals surface area contributed by atoms with Gasteiger partial charge in [0.15, 0.2) is 0 Å². The van der Waals surface area contributed by atoms with Crippen LogP contribution in [-0.2, 0) is 0 Å². The van der Waals surface area contributed by atoms with Crippen LogP contribution in [0.15, 0.2) is 0 Å². The first kappa shape index (κ1) is 9.05. The van der Waals surface area contributed by atoms with Crippen LogP contribution in [0.2, 0.25) is 0 Å². The van der Waals surface area contributed by atoms with Crippen LogP contribution < -0.4 is 5.32 Å². The van der Waals surface area contributed by atoms with Crippen molar-refractivity contribution in [1.29, 1.82) is 0 Å². The standard InChI is InChI=1S/C10H21N/c1-8-5-6-10(2,3)7-9(8)11-4/h8-9,11H,5-7H2,1-4H3. The Kier molecular flexibility index (Phi) is 2.58. The zero-order valence-electron chi connectivity index (χ0n) is 8.28. The molecular weight excluding hydrogens is 134 g/mol. The molecule has 1 fully saturated rings. The van der Waals surface area contributed by atoms with Gasteiger partial charge in [-0.25, -0.2) is 0 Å². The Labute approximate surface area is 70.6 Å². The Bertz CT molecular complexity index is 129. The molecule has 0 spiro atoms. The predicted octanol–water partition coefficient (Wildman–Crippen LogP) is 2.42. The first-order valence-electron chi connectivity index (χ1n) is 4.72. The van der Waals surface area contributed by atoms with Crippen molar-refractivity contribution < 1.29 is 0 Å². The summed E-state index contributed by atoms with van der Waals surface area (Å²) in [6.45, 7) is 7.11. The van der Waals surface area contributed by atoms with Crippen LogP contribution in [0.25, 0.3) is 0 Å². The average Bonchev–Trinajstić information content (AvgIpc) is 1.94. The first-order valence-corrected chi connectivity index (χ1v) is 4.72. The molecule has 2 atom stereocenters. The fourth-order valence-corrected chi connectivity index (χ4v) is 2.10. The second kappa shape index (κ2) is 3.14. The number of hydrogen-bond donors (Lipinski definition) is 1. The summed E-state index contributed by atoms with van der Waals surface area (Å²) < 4.78 is 0. The zero-order valence-corrected chi connectivity index (χ0v) is 8.28. The molecule has 66 valence electrons. The van der Waals surface area contributed by atoms with Crippen molar-refractivity contribution in [2.24, 2.45) is 11.3 Å². The Morgan fingerprint density at radius 3 is 2.45 bits per heavy atom. The summed E-state index contributed by atoms with van der Waals surface area (Å²) in [6.07, 6.45) is 4.12. The minimum Gasteiger partial charge on any atom is -0.317 e. The number of nitrogens with one attached hydrogen (secondary N) is 1. The molecule has 1 saturated carbocycles. The van der Waals surface area contributed by atoms with Gasteiger partial charge < -0.3 is 5.32 Å². The fourth-order valence-electron chi connectivity index (χ4n) is 2.10. The minimum atomic E-state index is 0.570. The molecule has 1 aliphatic rings. The SMILES string of the molecule is CNC1CC(C)(C)CCC1C. The van der Waals surface area contributed by atoms with Gasteiger partial charge in [0, 0.05) is 6.04 Å². The molecule has 0 bridgehead atoms. The van der Waals surface area contributed by atoms with E-state index in [4.69, 9.17) is 0 Å². The van der Waals surface area contributed by atoms with Gasteiger partial charge in [0.25, 0.3) is 0 Å². The molecule has 1 heteroatoms. The van der Waals surface area contributed by atoms with Crippen molar-refractivity contribution in [3.63, 3.8) is 0 Å². The van der Waals surface area contributed by atoms with E-state index >= 15 is 0 Å². The Hall–Kier alpha value is -0.0400. The van der Waals surface area contributed by atoms with Gasteiger partial charge in [-0.15, -0.1) is 0 Å². The summed E-state index contributed by atoms with van der Waals surface area (Å²) >= 11 is 0. The summed E-state index contributed by atoms with van der Waals surface area (Å²) in [4.78, 5) is 0. The third-order valence-electron chi connectivity index (χ3n) is 3.11. The van der Waals surface area contributed by atoms with Crippen LogP contribution in [0.4, 0.5) is 0 Å². The quantitative estimate of drug-likeness (QED) is 0.613. The molecule has 11 heavy (non-hydrogen) atoms. The molecule has 0 aromatic heterocycles. The van der Waals surface area contributed by atoms with E-state index in [1.807, 2.05) is 0 Å². The van der Waals surface area contributed by atoms with E-state index in [-0.39, 0.29) is 0 Å². The molecule has 0 aliphatic heterocycles. The number of hydrogen-bond acceptors (Lipinski definition) is 1. The molecule has 0 aromatic carbocycles. The summed E-state index contributed by atoms with van der Waals surface area (Å²) in [5, 5.41) is 3.41. The van der Waals surface area contributed by atoms with Gasteiger partial charge in [-0.3, -0.25) is 0 Å². The number of rotatable bonds is 1. The fraction of sp³-hybridized carbons (Fsp3) is 1.00. The maximum atomic E-state index is 3.41. The maximum absolute atomic E-state index is 3.41. The molecule has 1 nitrogen and oxygen atoms in total. The molecule has 1 N–H and O–H groups in total. The summed E-state index contributed by atoms with van der Waals surface area (Å²) in [5.74, 6) is 0.869. The van der Waals surface area contributed by atoms with Gasteiger partial charge >= 0.3 is 0 Å². The second-order valence-electron chi connectivity index (χ2n) is 4.78. The van der Waals surface area contributed by atoms with Gasteiger partial charge in [0.05, 0.1) is 0 Å². The van der Waals surface area contributed by atoms with Crippen LogP contribution in [0, 0.1) is 11.3 Å². The molecule has 2 unspecified atom stereocenters. The van der Waals surface area contributed by atoms with E-state index in [0.29, 0.717) is 5.41 Å². The topological polar surface area (TPSA) is 12.0 Å². The highest BCUT2D eigenvalue weighted by Gasteiger charge is 2.31. The molecule has 0 aromatic rings. The normalized spacial score (nSPS) is 37.1. The molecule has 1 rings (SSSR count). The van der Waals surface area contributed by atoms with Gasteiger partial charge in [-0.05, 0) is 37.6 Å². The Morgan fingerprint density at radius 2 is 2.00 bits per heavy atom. The highest BCUT2D eigenvalue weighted by atomic mass is 14.9. The minimum absolute atomic E-state index is 0.570. The smallest absolute Gasteiger partial charge is 0.00947 e. The Balaban J connectivity index is 2.51. The van der Waals surface area contributed by atoms with Crippen molar-refractivity contribution in [3.05, 3.63) is 0 Å². The Morgan fingerprint density at radius 1 is 1.36 bits per heavy atom. The van der Waals surface area contributed by atoms with Crippen LogP contribution in [0.5, 0.6) is 0 Å². The van der Waals surface area contributed by atoms with Gasteiger partial charge in [-0.1, -0.05) is 20.8 Å². The maximum Gasteiger partial charge on any atom is 0.00947 e. The van der Waals surface area contributed by atoms with Gasteiger partial charge in [0.2, 0.25) is 0 Å². The molecule has 0 amide bonds. The van der Waals surface area contributed by atoms with E-state index in [9.17, 15) is 0 Å². The van der Waals surface area contributed by atoms with Crippen molar-refractivity contribution in [3.8, 4) is 0 Å². The van der Waals surface area contributed by atoms with Crippen molar-refractivity contribution in [1.82, 2.24) is 5.32 Å². The van der Waals surface area contributed by atoms with Crippen LogP contribution in [0.1, 0.15) is 40.0 Å². The summed E-state index contributed by atoms with van der Waals surface area (Å²) in [7, 11) is 2.09. The van der Waals surface area contributed by atoms with Crippen molar-refractivity contribution >= 4 is 0 Å². The molecule has 0 radical (unpaired) electrons. The third-order valence-corrected chi connectivity index (χ3v) is 3.11. The second-order valence-corrected chi connectivity index (χ2v) is 4.78. The van der Waals surface area contributed by atoms with E-state index in [1.165, 1.54) is 19.3 Å². The highest BCUT2D eigenvalue weighted by Crippen LogP contribution is 2.37. The highest BCUT2D eigenvalue weighted by molar-refractivity contribution is 4.86. The van der Waals surface area contributed by atoms with E-state index < -0.39 is 0 Å². The van der Waals surface area contributed by atoms with E-state index in [1.54, 1.807) is 0 Å². The molecule has 0 heterocycles. The monoisotopic (exact) mass is 155 g/mol. The zero-order chi connectivity index (χ0) is 8.48. The summed E-state index contributed by atoms with van der Waals surface area (Å²) in [5.41, 5.74) is 0.570. The van der Waals surface area contributed by atoms with E-state index in [0.717, 1.165) is 12.0 Å². The van der Waals surface area contributed by atoms with Crippen molar-refractivity contribution in [2.75, 3.05) is 7.05 Å². The lowest BCUT2D eigenvalue weighted by atomic mass is 9.71. The lowest BCUT2D eigenvalue weighted by Gasteiger charge is -2.39. The first-order chi connectivity index (χ1) is 5.05. The average molecular weight is 155 g/mol. The third kappa shape index (κ3) is 2.19. The lowest BCUT2D eigenvalue weighted by molar-refractivity contribution is 0.156. The van der Waals surface area contributed by atoms with Crippen LogP contribution >= 0.6 is 0 Å². The largest absolute Gasteiger partial charge is 0.317 e. The van der Waals surface area contributed by atoms with Crippen molar-refractivity contribution in [2.45, 2.75) is 46.1 Å². The predicted molar refractivity (Wildman–Crippen MR) is 49.6 cm³/mol. The molecule has 1 aliphatic carbocycles. The summed E-state index contributed by atoms with van der Waals surface area (Å²) in [6, 6.07) is 0.749. The molecular formula is C10H21N. The van der Waals surface area contributed by atoms with Gasteiger partial charge in [-0.2, -0.15) is 0 Å². The van der Waals surface area contributed by atoms with Crippen LogP contribution in [0.3, 0.4) is 0 Å². The lowest BCUT2D eigenvalue weighted by Crippen LogP contribution is -2.40. The van der Waals surface area contributed by atoms with Gasteiger partial charge in [0.1, 0.15) is 0 Å². The molecule has 0 saturated heterocycles.